The first-order valence-corrected chi connectivity index (χ1v) is 6.45. The lowest BCUT2D eigenvalue weighted by Crippen LogP contribution is -2.38. The first kappa shape index (κ1) is 14.8. The molecule has 0 aromatic carbocycles. The Morgan fingerprint density at radius 3 is 2.33 bits per heavy atom. The molecule has 3 N–H and O–H groups in total. The average molecular weight is 232 g/mol. The smallest absolute Gasteiger partial charge is 0.232 e. The fourth-order valence-electron chi connectivity index (χ4n) is 0.864. The Kier molecular flexibility index (Phi) is 6.29. The summed E-state index contributed by atoms with van der Waals surface area (Å²) in [6.07, 6.45) is 0. The maximum absolute atomic E-state index is 11.6. The van der Waals surface area contributed by atoms with Crippen molar-refractivity contribution in [2.45, 2.75) is 45.4 Å². The lowest BCUT2D eigenvalue weighted by Gasteiger charge is -2.20. The van der Waals surface area contributed by atoms with Crippen molar-refractivity contribution in [3.8, 4) is 0 Å². The van der Waals surface area contributed by atoms with Crippen LogP contribution in [0.15, 0.2) is 0 Å². The number of thioether (sulfide) groups is 1. The summed E-state index contributed by atoms with van der Waals surface area (Å²) in [5, 5.41) is 2.90. The summed E-state index contributed by atoms with van der Waals surface area (Å²) >= 11 is 1.61. The van der Waals surface area contributed by atoms with E-state index in [9.17, 15) is 4.79 Å². The van der Waals surface area contributed by atoms with Crippen molar-refractivity contribution in [3.05, 3.63) is 0 Å². The summed E-state index contributed by atoms with van der Waals surface area (Å²) < 4.78 is 0. The van der Waals surface area contributed by atoms with Gasteiger partial charge in [-0.15, -0.1) is 11.8 Å². The van der Waals surface area contributed by atoms with Gasteiger partial charge in [0.15, 0.2) is 0 Å². The van der Waals surface area contributed by atoms with Gasteiger partial charge in [-0.1, -0.05) is 13.8 Å². The highest BCUT2D eigenvalue weighted by Gasteiger charge is 2.17. The Morgan fingerprint density at radius 2 is 1.93 bits per heavy atom. The molecule has 0 aromatic rings. The molecule has 0 aromatic heterocycles. The zero-order chi connectivity index (χ0) is 12.1. The number of hydrogen-bond acceptors (Lipinski definition) is 3. The number of nitrogens with two attached hydrogens (primary N) is 1. The van der Waals surface area contributed by atoms with E-state index in [1.54, 1.807) is 11.8 Å². The van der Waals surface area contributed by atoms with Gasteiger partial charge in [0.25, 0.3) is 0 Å². The van der Waals surface area contributed by atoms with Crippen LogP contribution < -0.4 is 11.1 Å². The van der Waals surface area contributed by atoms with Gasteiger partial charge < -0.3 is 11.1 Å². The second-order valence-electron chi connectivity index (χ2n) is 5.08. The predicted molar refractivity (Wildman–Crippen MR) is 68.0 cm³/mol. The van der Waals surface area contributed by atoms with Gasteiger partial charge in [0, 0.05) is 17.8 Å². The lowest BCUT2D eigenvalue weighted by molar-refractivity contribution is -0.120. The third kappa shape index (κ3) is 8.75. The van der Waals surface area contributed by atoms with Crippen molar-refractivity contribution in [1.82, 2.24) is 5.32 Å². The molecule has 0 fully saturated rings. The van der Waals surface area contributed by atoms with Crippen LogP contribution >= 0.6 is 11.8 Å². The molecule has 3 nitrogen and oxygen atoms in total. The molecule has 0 aliphatic heterocycles. The SMILES string of the molecule is CC(C)CNC(=O)C(C)SCC(C)(C)N. The van der Waals surface area contributed by atoms with E-state index in [0.717, 1.165) is 12.3 Å². The highest BCUT2D eigenvalue weighted by atomic mass is 32.2. The summed E-state index contributed by atoms with van der Waals surface area (Å²) in [6, 6.07) is 0. The van der Waals surface area contributed by atoms with Gasteiger partial charge in [-0.25, -0.2) is 0 Å². The highest BCUT2D eigenvalue weighted by Crippen LogP contribution is 2.15. The minimum atomic E-state index is -0.211. The Hall–Kier alpha value is -0.220. The third-order valence-corrected chi connectivity index (χ3v) is 3.38. The number of hydrogen-bond donors (Lipinski definition) is 2. The van der Waals surface area contributed by atoms with E-state index in [1.165, 1.54) is 0 Å². The number of carbonyl (C=O) groups excluding carboxylic acids is 1. The normalized spacial score (nSPS) is 14.1. The number of nitrogens with one attached hydrogen (secondary N) is 1. The maximum atomic E-state index is 11.6. The van der Waals surface area contributed by atoms with Gasteiger partial charge in [0.1, 0.15) is 0 Å². The molecular weight excluding hydrogens is 208 g/mol. The molecule has 0 saturated heterocycles. The van der Waals surface area contributed by atoms with E-state index in [0.29, 0.717) is 5.92 Å². The minimum absolute atomic E-state index is 0.0217. The van der Waals surface area contributed by atoms with E-state index < -0.39 is 0 Å². The van der Waals surface area contributed by atoms with Crippen molar-refractivity contribution < 1.29 is 4.79 Å². The van der Waals surface area contributed by atoms with E-state index >= 15 is 0 Å². The van der Waals surface area contributed by atoms with Gasteiger partial charge in [0.05, 0.1) is 5.25 Å². The lowest BCUT2D eigenvalue weighted by atomic mass is 10.1. The van der Waals surface area contributed by atoms with Crippen molar-refractivity contribution in [2.24, 2.45) is 11.7 Å². The van der Waals surface area contributed by atoms with Gasteiger partial charge >= 0.3 is 0 Å². The van der Waals surface area contributed by atoms with Crippen LogP contribution in [0.1, 0.15) is 34.6 Å². The van der Waals surface area contributed by atoms with Crippen LogP contribution in [0.4, 0.5) is 0 Å². The Bertz CT molecular complexity index is 199. The molecule has 0 saturated carbocycles. The molecule has 0 aliphatic rings. The summed E-state index contributed by atoms with van der Waals surface area (Å²) in [6.45, 7) is 10.8. The molecule has 0 heterocycles. The quantitative estimate of drug-likeness (QED) is 0.731. The number of rotatable bonds is 6. The minimum Gasteiger partial charge on any atom is -0.355 e. The Morgan fingerprint density at radius 1 is 1.40 bits per heavy atom. The van der Waals surface area contributed by atoms with Gasteiger partial charge in [-0.3, -0.25) is 4.79 Å². The molecule has 0 spiro atoms. The zero-order valence-corrected chi connectivity index (χ0v) is 11.3. The van der Waals surface area contributed by atoms with Gasteiger partial charge in [-0.05, 0) is 26.7 Å². The topological polar surface area (TPSA) is 55.1 Å². The molecule has 0 bridgehead atoms. The van der Waals surface area contributed by atoms with Crippen LogP contribution in [-0.2, 0) is 4.79 Å². The summed E-state index contributed by atoms with van der Waals surface area (Å²) in [7, 11) is 0. The van der Waals surface area contributed by atoms with Crippen molar-refractivity contribution >= 4 is 17.7 Å². The van der Waals surface area contributed by atoms with Crippen molar-refractivity contribution in [2.75, 3.05) is 12.3 Å². The Labute approximate surface area is 97.6 Å². The highest BCUT2D eigenvalue weighted by molar-refractivity contribution is 8.00. The largest absolute Gasteiger partial charge is 0.355 e. The van der Waals surface area contributed by atoms with E-state index in [-0.39, 0.29) is 16.7 Å². The second-order valence-corrected chi connectivity index (χ2v) is 6.41. The summed E-state index contributed by atoms with van der Waals surface area (Å²) in [4.78, 5) is 11.6. The third-order valence-electron chi connectivity index (χ3n) is 1.76. The molecule has 4 heteroatoms. The molecule has 0 radical (unpaired) electrons. The number of amides is 1. The van der Waals surface area contributed by atoms with Crippen molar-refractivity contribution in [3.63, 3.8) is 0 Å². The molecule has 0 aliphatic carbocycles. The van der Waals surface area contributed by atoms with E-state index in [2.05, 4.69) is 19.2 Å². The first-order valence-electron chi connectivity index (χ1n) is 5.40. The van der Waals surface area contributed by atoms with Crippen LogP contribution in [0.2, 0.25) is 0 Å². The maximum Gasteiger partial charge on any atom is 0.232 e. The van der Waals surface area contributed by atoms with Crippen LogP contribution in [0.3, 0.4) is 0 Å². The second kappa shape index (κ2) is 6.38. The van der Waals surface area contributed by atoms with Crippen LogP contribution in [0, 0.1) is 5.92 Å². The van der Waals surface area contributed by atoms with Crippen LogP contribution in [-0.4, -0.2) is 29.0 Å². The standard InChI is InChI=1S/C11H24N2OS/c1-8(2)6-13-10(14)9(3)15-7-11(4,5)12/h8-9H,6-7,12H2,1-5H3,(H,13,14). The molecule has 1 unspecified atom stereocenters. The first-order chi connectivity index (χ1) is 6.72. The summed E-state index contributed by atoms with van der Waals surface area (Å²) in [5.41, 5.74) is 5.64. The van der Waals surface area contributed by atoms with Crippen LogP contribution in [0.25, 0.3) is 0 Å². The van der Waals surface area contributed by atoms with E-state index in [4.69, 9.17) is 5.73 Å². The average Bonchev–Trinajstić information content (AvgIpc) is 2.08. The molecular formula is C11H24N2OS. The molecule has 1 atom stereocenters. The predicted octanol–water partition coefficient (Wildman–Crippen LogP) is 1.62. The van der Waals surface area contributed by atoms with Gasteiger partial charge in [-0.2, -0.15) is 0 Å². The van der Waals surface area contributed by atoms with Crippen LogP contribution in [0.5, 0.6) is 0 Å². The fourth-order valence-corrected chi connectivity index (χ4v) is 1.78. The van der Waals surface area contributed by atoms with Crippen molar-refractivity contribution in [1.29, 1.82) is 0 Å². The molecule has 1 amide bonds. The Balaban J connectivity index is 3.79. The van der Waals surface area contributed by atoms with E-state index in [1.807, 2.05) is 20.8 Å². The monoisotopic (exact) mass is 232 g/mol. The zero-order valence-electron chi connectivity index (χ0n) is 10.5. The van der Waals surface area contributed by atoms with Gasteiger partial charge in [0.2, 0.25) is 5.91 Å². The fraction of sp³-hybridized carbons (Fsp3) is 0.909. The molecule has 15 heavy (non-hydrogen) atoms. The number of carbonyl (C=O) groups is 1. The molecule has 0 rings (SSSR count). The summed E-state index contributed by atoms with van der Waals surface area (Å²) in [5.74, 6) is 1.40. The molecule has 90 valence electrons.